The van der Waals surface area contributed by atoms with Gasteiger partial charge in [0.2, 0.25) is 0 Å². The van der Waals surface area contributed by atoms with Gasteiger partial charge >= 0.3 is 0 Å². The van der Waals surface area contributed by atoms with Gasteiger partial charge < -0.3 is 5.11 Å². The van der Waals surface area contributed by atoms with Crippen molar-refractivity contribution >= 4 is 0 Å². The van der Waals surface area contributed by atoms with Gasteiger partial charge in [-0.25, -0.2) is 0 Å². The standard InChI is InChI=1S/C19H32O/c1-3-5-7-8-9-11-15-18-17(13-10-6-4-2)14-12-16-19(18)20/h12,14,16,20H,3-11,13,15H2,1-2H3. The van der Waals surface area contributed by atoms with Gasteiger partial charge in [-0.3, -0.25) is 0 Å². The Balaban J connectivity index is 2.41. The largest absolute Gasteiger partial charge is 0.508 e. The first kappa shape index (κ1) is 17.1. The summed E-state index contributed by atoms with van der Waals surface area (Å²) in [6, 6.07) is 6.03. The normalized spacial score (nSPS) is 10.9. The number of rotatable bonds is 11. The van der Waals surface area contributed by atoms with Crippen molar-refractivity contribution in [1.29, 1.82) is 0 Å². The van der Waals surface area contributed by atoms with Crippen LogP contribution in [0.4, 0.5) is 0 Å². The summed E-state index contributed by atoms with van der Waals surface area (Å²) >= 11 is 0. The van der Waals surface area contributed by atoms with E-state index in [9.17, 15) is 5.11 Å². The van der Waals surface area contributed by atoms with Crippen molar-refractivity contribution < 1.29 is 5.11 Å². The topological polar surface area (TPSA) is 20.2 Å². The van der Waals surface area contributed by atoms with Crippen LogP contribution in [0.2, 0.25) is 0 Å². The minimum absolute atomic E-state index is 0.507. The number of unbranched alkanes of at least 4 members (excludes halogenated alkanes) is 7. The summed E-state index contributed by atoms with van der Waals surface area (Å²) < 4.78 is 0. The number of phenols is 1. The van der Waals surface area contributed by atoms with Gasteiger partial charge in [-0.15, -0.1) is 0 Å². The fourth-order valence-corrected chi connectivity index (χ4v) is 2.79. The molecule has 1 heteroatoms. The Morgan fingerprint density at radius 3 is 2.10 bits per heavy atom. The zero-order valence-corrected chi connectivity index (χ0v) is 13.5. The van der Waals surface area contributed by atoms with E-state index in [2.05, 4.69) is 19.9 Å². The van der Waals surface area contributed by atoms with Gasteiger partial charge in [0.05, 0.1) is 0 Å². The predicted octanol–water partition coefficient (Wildman–Crippen LogP) is 6.03. The minimum atomic E-state index is 0.507. The van der Waals surface area contributed by atoms with Crippen LogP contribution in [0.25, 0.3) is 0 Å². The molecule has 0 bridgehead atoms. The maximum atomic E-state index is 10.1. The average Bonchev–Trinajstić information content (AvgIpc) is 2.45. The van der Waals surface area contributed by atoms with E-state index >= 15 is 0 Å². The molecule has 1 nitrogen and oxygen atoms in total. The molecule has 0 fully saturated rings. The Kier molecular flexibility index (Phi) is 9.19. The van der Waals surface area contributed by atoms with Gasteiger partial charge in [0.15, 0.2) is 0 Å². The third-order valence-electron chi connectivity index (χ3n) is 4.08. The molecule has 0 aliphatic carbocycles. The number of phenolic OH excluding ortho intramolecular Hbond substituents is 1. The molecule has 114 valence electrons. The van der Waals surface area contributed by atoms with Crippen LogP contribution in [-0.2, 0) is 12.8 Å². The minimum Gasteiger partial charge on any atom is -0.508 e. The highest BCUT2D eigenvalue weighted by molar-refractivity contribution is 5.39. The van der Waals surface area contributed by atoms with Crippen molar-refractivity contribution in [2.75, 3.05) is 0 Å². The summed E-state index contributed by atoms with van der Waals surface area (Å²) in [4.78, 5) is 0. The number of aryl methyl sites for hydroxylation is 1. The van der Waals surface area contributed by atoms with E-state index in [1.54, 1.807) is 0 Å². The third-order valence-corrected chi connectivity index (χ3v) is 4.08. The van der Waals surface area contributed by atoms with Crippen molar-refractivity contribution in [1.82, 2.24) is 0 Å². The van der Waals surface area contributed by atoms with E-state index in [0.717, 1.165) is 12.8 Å². The fraction of sp³-hybridized carbons (Fsp3) is 0.684. The molecule has 1 aromatic rings. The van der Waals surface area contributed by atoms with Gasteiger partial charge in [-0.05, 0) is 42.9 Å². The maximum Gasteiger partial charge on any atom is 0.119 e. The van der Waals surface area contributed by atoms with Crippen LogP contribution in [0.5, 0.6) is 5.75 Å². The quantitative estimate of drug-likeness (QED) is 0.489. The average molecular weight is 276 g/mol. The molecule has 0 saturated heterocycles. The zero-order valence-electron chi connectivity index (χ0n) is 13.5. The second-order valence-electron chi connectivity index (χ2n) is 5.89. The number of benzene rings is 1. The molecular formula is C19H32O. The fourth-order valence-electron chi connectivity index (χ4n) is 2.79. The molecule has 0 atom stereocenters. The first-order valence-electron chi connectivity index (χ1n) is 8.59. The third kappa shape index (κ3) is 6.45. The van der Waals surface area contributed by atoms with Crippen LogP contribution in [0, 0.1) is 0 Å². The Bertz CT molecular complexity index is 357. The lowest BCUT2D eigenvalue weighted by Gasteiger charge is -2.11. The molecule has 0 saturated carbocycles. The maximum absolute atomic E-state index is 10.1. The summed E-state index contributed by atoms with van der Waals surface area (Å²) in [5.74, 6) is 0.507. The van der Waals surface area contributed by atoms with Crippen LogP contribution < -0.4 is 0 Å². The van der Waals surface area contributed by atoms with Crippen LogP contribution in [0.1, 0.15) is 82.8 Å². The lowest BCUT2D eigenvalue weighted by atomic mass is 9.96. The summed E-state index contributed by atoms with van der Waals surface area (Å²) in [6.45, 7) is 4.49. The van der Waals surface area contributed by atoms with Crippen LogP contribution in [0.15, 0.2) is 18.2 Å². The van der Waals surface area contributed by atoms with E-state index in [0.29, 0.717) is 5.75 Å². The highest BCUT2D eigenvalue weighted by Crippen LogP contribution is 2.25. The molecular weight excluding hydrogens is 244 g/mol. The summed E-state index contributed by atoms with van der Waals surface area (Å²) in [5, 5.41) is 10.1. The van der Waals surface area contributed by atoms with E-state index in [1.807, 2.05) is 12.1 Å². The Labute approximate surface area is 125 Å². The second-order valence-corrected chi connectivity index (χ2v) is 5.89. The number of hydrogen-bond acceptors (Lipinski definition) is 1. The molecule has 1 N–H and O–H groups in total. The lowest BCUT2D eigenvalue weighted by Crippen LogP contribution is -1.96. The molecule has 0 aromatic heterocycles. The molecule has 0 amide bonds. The molecule has 0 aliphatic rings. The smallest absolute Gasteiger partial charge is 0.119 e. The first-order valence-corrected chi connectivity index (χ1v) is 8.59. The summed E-state index contributed by atoms with van der Waals surface area (Å²) in [6.07, 6.45) is 13.8. The van der Waals surface area contributed by atoms with Crippen molar-refractivity contribution in [3.05, 3.63) is 29.3 Å². The van der Waals surface area contributed by atoms with Crippen LogP contribution in [-0.4, -0.2) is 5.11 Å². The zero-order chi connectivity index (χ0) is 14.6. The lowest BCUT2D eigenvalue weighted by molar-refractivity contribution is 0.464. The van der Waals surface area contributed by atoms with Gasteiger partial charge in [0.25, 0.3) is 0 Å². The highest BCUT2D eigenvalue weighted by atomic mass is 16.3. The van der Waals surface area contributed by atoms with Gasteiger partial charge in [0, 0.05) is 0 Å². The molecule has 1 aromatic carbocycles. The van der Waals surface area contributed by atoms with Crippen molar-refractivity contribution in [2.24, 2.45) is 0 Å². The molecule has 0 unspecified atom stereocenters. The van der Waals surface area contributed by atoms with E-state index in [-0.39, 0.29) is 0 Å². The molecule has 0 heterocycles. The first-order chi connectivity index (χ1) is 9.79. The Hall–Kier alpha value is -0.980. The number of hydrogen-bond donors (Lipinski definition) is 1. The predicted molar refractivity (Wildman–Crippen MR) is 88.4 cm³/mol. The Morgan fingerprint density at radius 2 is 1.35 bits per heavy atom. The molecule has 1 rings (SSSR count). The summed E-state index contributed by atoms with van der Waals surface area (Å²) in [7, 11) is 0. The van der Waals surface area contributed by atoms with Crippen molar-refractivity contribution in [2.45, 2.75) is 84.5 Å². The molecule has 0 aliphatic heterocycles. The van der Waals surface area contributed by atoms with E-state index in [4.69, 9.17) is 0 Å². The van der Waals surface area contributed by atoms with Crippen LogP contribution in [0.3, 0.4) is 0 Å². The monoisotopic (exact) mass is 276 g/mol. The molecule has 0 radical (unpaired) electrons. The van der Waals surface area contributed by atoms with Crippen LogP contribution >= 0.6 is 0 Å². The van der Waals surface area contributed by atoms with E-state index in [1.165, 1.54) is 68.9 Å². The second kappa shape index (κ2) is 10.8. The molecule has 20 heavy (non-hydrogen) atoms. The number of aromatic hydroxyl groups is 1. The van der Waals surface area contributed by atoms with Gasteiger partial charge in [0.1, 0.15) is 5.75 Å². The molecule has 0 spiro atoms. The van der Waals surface area contributed by atoms with Gasteiger partial charge in [-0.2, -0.15) is 0 Å². The van der Waals surface area contributed by atoms with Gasteiger partial charge in [-0.1, -0.05) is 70.9 Å². The Morgan fingerprint density at radius 1 is 0.750 bits per heavy atom. The SMILES string of the molecule is CCCCCCCCc1c(O)cccc1CCCCC. The summed E-state index contributed by atoms with van der Waals surface area (Å²) in [5.41, 5.74) is 2.58. The highest BCUT2D eigenvalue weighted by Gasteiger charge is 2.07. The van der Waals surface area contributed by atoms with E-state index < -0.39 is 0 Å². The van der Waals surface area contributed by atoms with Crippen molar-refractivity contribution in [3.8, 4) is 5.75 Å². The van der Waals surface area contributed by atoms with Crippen molar-refractivity contribution in [3.63, 3.8) is 0 Å².